The Labute approximate surface area is 238 Å². The third-order valence-corrected chi connectivity index (χ3v) is 9.29. The number of rotatable bonds is 11. The van der Waals surface area contributed by atoms with Crippen LogP contribution < -0.4 is 16.4 Å². The maximum Gasteiger partial charge on any atom is 0.251 e. The van der Waals surface area contributed by atoms with Gasteiger partial charge in [0.1, 0.15) is 6.04 Å². The van der Waals surface area contributed by atoms with Crippen molar-refractivity contribution in [3.05, 3.63) is 88.9 Å². The summed E-state index contributed by atoms with van der Waals surface area (Å²) in [5.41, 5.74) is 8.56. The molecule has 2 amide bonds. The molecule has 2 aromatic carbocycles. The summed E-state index contributed by atoms with van der Waals surface area (Å²) in [7, 11) is 1.59. The number of hydrogen-bond acceptors (Lipinski definition) is 8. The van der Waals surface area contributed by atoms with Crippen LogP contribution in [0.5, 0.6) is 0 Å². The largest absolute Gasteiger partial charge is 0.366 e. The van der Waals surface area contributed by atoms with Crippen LogP contribution in [-0.4, -0.2) is 69.1 Å². The number of nitrogens with two attached hydrogens (primary N) is 1. The molecule has 1 saturated heterocycles. The van der Waals surface area contributed by atoms with Crippen molar-refractivity contribution in [1.82, 2.24) is 36.2 Å². The Hall–Kier alpha value is -4.56. The molecule has 0 radical (unpaired) electrons. The quantitative estimate of drug-likeness (QED) is 0.280. The fourth-order valence-corrected chi connectivity index (χ4v) is 6.96. The van der Waals surface area contributed by atoms with Crippen molar-refractivity contribution in [2.24, 2.45) is 17.1 Å². The first-order chi connectivity index (χ1) is 19.7. The summed E-state index contributed by atoms with van der Waals surface area (Å²) in [5, 5.41) is 31.3. The van der Waals surface area contributed by atoms with Gasteiger partial charge in [0, 0.05) is 42.5 Å². The number of nitrogens with zero attached hydrogens (tertiary/aromatic N) is 5. The SMILES string of the molecule is C=C(CN[C@@H](C)CC(c1ccc(C(N)=O)cc1)(c1ccc(C(=O)NC)cc1)c1nn[nH]n1)N1C(C#N)CC23C[C@@H]2C13. The van der Waals surface area contributed by atoms with Gasteiger partial charge in [-0.1, -0.05) is 36.1 Å². The molecule has 1 spiro atoms. The minimum atomic E-state index is -0.886. The number of H-pyrrole nitrogens is 1. The van der Waals surface area contributed by atoms with Gasteiger partial charge in [0.25, 0.3) is 5.91 Å². The molecule has 11 heteroatoms. The molecule has 5 N–H and O–H groups in total. The molecule has 6 rings (SSSR count). The van der Waals surface area contributed by atoms with Gasteiger partial charge in [-0.05, 0) is 72.9 Å². The van der Waals surface area contributed by atoms with Crippen molar-refractivity contribution in [1.29, 1.82) is 5.26 Å². The van der Waals surface area contributed by atoms with Gasteiger partial charge in [-0.15, -0.1) is 10.2 Å². The topological polar surface area (TPSA) is 166 Å². The number of primary amides is 1. The smallest absolute Gasteiger partial charge is 0.251 e. The maximum absolute atomic E-state index is 12.3. The van der Waals surface area contributed by atoms with Gasteiger partial charge in [-0.25, -0.2) is 0 Å². The predicted octanol–water partition coefficient (Wildman–Crippen LogP) is 1.86. The van der Waals surface area contributed by atoms with Crippen molar-refractivity contribution in [2.45, 2.75) is 49.7 Å². The van der Waals surface area contributed by atoms with Crippen molar-refractivity contribution in [2.75, 3.05) is 13.6 Å². The Morgan fingerprint density at radius 1 is 1.20 bits per heavy atom. The summed E-state index contributed by atoms with van der Waals surface area (Å²) in [6.07, 6.45) is 2.71. The first kappa shape index (κ1) is 26.7. The lowest BCUT2D eigenvalue weighted by molar-refractivity contribution is 0.0961. The number of piperidine rings is 1. The van der Waals surface area contributed by atoms with E-state index in [1.54, 1.807) is 31.3 Å². The lowest BCUT2D eigenvalue weighted by Crippen LogP contribution is -2.42. The molecule has 2 aliphatic carbocycles. The Bertz CT molecular complexity index is 1530. The number of aromatic amines is 1. The van der Waals surface area contributed by atoms with Crippen LogP contribution in [-0.2, 0) is 5.41 Å². The van der Waals surface area contributed by atoms with Crippen molar-refractivity contribution >= 4 is 11.8 Å². The van der Waals surface area contributed by atoms with E-state index in [1.165, 1.54) is 6.42 Å². The Kier molecular flexibility index (Phi) is 6.38. The highest BCUT2D eigenvalue weighted by molar-refractivity contribution is 5.94. The molecule has 3 aliphatic rings. The number of tetrazole rings is 1. The van der Waals surface area contributed by atoms with Gasteiger partial charge in [0.2, 0.25) is 5.91 Å². The first-order valence-corrected chi connectivity index (χ1v) is 13.8. The molecule has 11 nitrogen and oxygen atoms in total. The fraction of sp³-hybridized carbons (Fsp3) is 0.400. The number of nitrogens with one attached hydrogen (secondary N) is 3. The van der Waals surface area contributed by atoms with E-state index in [-0.39, 0.29) is 18.0 Å². The van der Waals surface area contributed by atoms with Crippen LogP contribution in [0.15, 0.2) is 60.8 Å². The normalized spacial score (nSPS) is 25.7. The zero-order valence-corrected chi connectivity index (χ0v) is 23.1. The standard InChI is InChI=1S/C30H33N9O2/c1-17(34-16-18(2)39-23(15-31)13-29-14-24(29)25(29)39)12-30(28-35-37-38-36-28,21-8-4-19(5-9-21)26(32)40)22-10-6-20(7-11-22)27(41)33-3/h4-11,17,23-25,34H,2,12-14,16H2,1,3H3,(H2,32,40)(H,33,41)(H,35,36,37,38)/t17-,23?,24+,25?,29?,30?/m0/s1. The first-order valence-electron chi connectivity index (χ1n) is 13.8. The molecule has 6 atom stereocenters. The Morgan fingerprint density at radius 3 is 2.39 bits per heavy atom. The van der Waals surface area contributed by atoms with Gasteiger partial charge in [0.05, 0.1) is 11.5 Å². The minimum absolute atomic E-state index is 0.0643. The zero-order valence-electron chi connectivity index (χ0n) is 23.1. The zero-order chi connectivity index (χ0) is 28.9. The monoisotopic (exact) mass is 551 g/mol. The number of hydrogen-bond donors (Lipinski definition) is 4. The minimum Gasteiger partial charge on any atom is -0.366 e. The van der Waals surface area contributed by atoms with Crippen molar-refractivity contribution < 1.29 is 9.59 Å². The number of likely N-dealkylation sites (tertiary alicyclic amines) is 1. The van der Waals surface area contributed by atoms with Crippen molar-refractivity contribution in [3.8, 4) is 6.07 Å². The molecule has 1 aliphatic heterocycles. The summed E-state index contributed by atoms with van der Waals surface area (Å²) in [6, 6.07) is 17.2. The summed E-state index contributed by atoms with van der Waals surface area (Å²) >= 11 is 0. The van der Waals surface area contributed by atoms with Crippen LogP contribution in [0.3, 0.4) is 0 Å². The number of amides is 2. The number of carbonyl (C=O) groups excluding carboxylic acids is 2. The number of benzene rings is 2. The van der Waals surface area contributed by atoms with Crippen LogP contribution in [0.4, 0.5) is 0 Å². The summed E-state index contributed by atoms with van der Waals surface area (Å²) in [5.74, 6) is 0.480. The van der Waals surface area contributed by atoms with Crippen LogP contribution >= 0.6 is 0 Å². The lowest BCUT2D eigenvalue weighted by Gasteiger charge is -2.36. The van der Waals surface area contributed by atoms with E-state index in [2.05, 4.69) is 55.7 Å². The van der Waals surface area contributed by atoms with Gasteiger partial charge in [-0.2, -0.15) is 10.5 Å². The second-order valence-electron chi connectivity index (χ2n) is 11.5. The van der Waals surface area contributed by atoms with Crippen LogP contribution in [0.2, 0.25) is 0 Å². The molecular formula is C30H33N9O2. The summed E-state index contributed by atoms with van der Waals surface area (Å²) < 4.78 is 0. The van der Waals surface area contributed by atoms with E-state index in [9.17, 15) is 14.9 Å². The van der Waals surface area contributed by atoms with Gasteiger partial charge in [0.15, 0.2) is 5.82 Å². The highest BCUT2D eigenvalue weighted by Crippen LogP contribution is 2.83. The summed E-state index contributed by atoms with van der Waals surface area (Å²) in [6.45, 7) is 6.97. The van der Waals surface area contributed by atoms with Gasteiger partial charge in [-0.3, -0.25) is 9.59 Å². The van der Waals surface area contributed by atoms with Crippen LogP contribution in [0.1, 0.15) is 63.9 Å². The van der Waals surface area contributed by atoms with Gasteiger partial charge < -0.3 is 21.3 Å². The highest BCUT2D eigenvalue weighted by atomic mass is 16.1. The Morgan fingerprint density at radius 2 is 1.85 bits per heavy atom. The summed E-state index contributed by atoms with van der Waals surface area (Å²) in [4.78, 5) is 26.3. The average molecular weight is 552 g/mol. The number of aromatic nitrogens is 4. The molecule has 2 saturated carbocycles. The average Bonchev–Trinajstić information content (AvgIpc) is 3.67. The molecule has 4 unspecified atom stereocenters. The van der Waals surface area contributed by atoms with E-state index >= 15 is 0 Å². The third-order valence-electron chi connectivity index (χ3n) is 9.29. The predicted molar refractivity (Wildman–Crippen MR) is 150 cm³/mol. The van der Waals surface area contributed by atoms with E-state index in [0.29, 0.717) is 41.4 Å². The number of nitriles is 1. The Balaban J connectivity index is 1.31. The third kappa shape index (κ3) is 4.26. The molecule has 210 valence electrons. The second-order valence-corrected chi connectivity index (χ2v) is 11.5. The van der Waals surface area contributed by atoms with E-state index in [4.69, 9.17) is 5.73 Å². The molecular weight excluding hydrogens is 518 g/mol. The molecule has 3 aromatic rings. The number of carbonyl (C=O) groups is 2. The number of fused-ring (bicyclic) bond motifs is 1. The fourth-order valence-electron chi connectivity index (χ4n) is 6.96. The molecule has 1 aromatic heterocycles. The van der Waals surface area contributed by atoms with E-state index < -0.39 is 11.3 Å². The maximum atomic E-state index is 12.3. The van der Waals surface area contributed by atoms with Crippen molar-refractivity contribution in [3.63, 3.8) is 0 Å². The van der Waals surface area contributed by atoms with E-state index in [1.807, 2.05) is 24.3 Å². The molecule has 3 fully saturated rings. The van der Waals surface area contributed by atoms with E-state index in [0.717, 1.165) is 29.2 Å². The molecule has 41 heavy (non-hydrogen) atoms. The van der Waals surface area contributed by atoms with Gasteiger partial charge >= 0.3 is 0 Å². The van der Waals surface area contributed by atoms with Crippen LogP contribution in [0.25, 0.3) is 0 Å². The lowest BCUT2D eigenvalue weighted by atomic mass is 9.69. The molecule has 2 heterocycles. The highest BCUT2D eigenvalue weighted by Gasteiger charge is 2.84. The second kappa shape index (κ2) is 9.82. The molecule has 0 bridgehead atoms. The van der Waals surface area contributed by atoms with Crippen LogP contribution in [0, 0.1) is 22.7 Å².